The van der Waals surface area contributed by atoms with Crippen molar-refractivity contribution in [3.05, 3.63) is 0 Å². The fraction of sp³-hybridized carbons (Fsp3) is 1.00. The highest BCUT2D eigenvalue weighted by atomic mass is 31.2. The number of phosphoric acid groups is 3. The van der Waals surface area contributed by atoms with Crippen molar-refractivity contribution >= 4 is 23.5 Å². The molecule has 0 aliphatic carbocycles. The van der Waals surface area contributed by atoms with Crippen LogP contribution in [0.15, 0.2) is 0 Å². The first-order valence-corrected chi connectivity index (χ1v) is 21.0. The van der Waals surface area contributed by atoms with E-state index in [1.165, 1.54) is 0 Å². The second-order valence-electron chi connectivity index (χ2n) is 13.0. The van der Waals surface area contributed by atoms with Crippen molar-refractivity contribution in [2.24, 2.45) is 5.73 Å². The molecule has 4 fully saturated rings. The van der Waals surface area contributed by atoms with Gasteiger partial charge in [-0.05, 0) is 0 Å². The first kappa shape index (κ1) is 49.3. The highest BCUT2D eigenvalue weighted by Gasteiger charge is 2.55. The number of nitrogens with two attached hydrogens (primary N) is 1. The third-order valence-corrected chi connectivity index (χ3v) is 10.4. The van der Waals surface area contributed by atoms with Crippen LogP contribution in [0.25, 0.3) is 0 Å². The van der Waals surface area contributed by atoms with Crippen LogP contribution < -0.4 is 5.73 Å². The molecule has 30 nitrogen and oxygen atoms in total. The maximum atomic E-state index is 11.8. The minimum atomic E-state index is -5.54. The van der Waals surface area contributed by atoms with Gasteiger partial charge in [0, 0.05) is 0 Å². The lowest BCUT2D eigenvalue weighted by molar-refractivity contribution is -0.375. The zero-order valence-corrected chi connectivity index (χ0v) is 31.4. The molecule has 1 unspecified atom stereocenters. The molecule has 4 heterocycles. The summed E-state index contributed by atoms with van der Waals surface area (Å²) in [6.07, 6.45) is -39.1. The summed E-state index contributed by atoms with van der Waals surface area (Å²) < 4.78 is 85.7. The predicted molar refractivity (Wildman–Crippen MR) is 169 cm³/mol. The number of hydrogen-bond acceptors (Lipinski definition) is 24. The summed E-state index contributed by atoms with van der Waals surface area (Å²) in [5.41, 5.74) is 5.70. The minimum Gasteiger partial charge on any atom is -0.394 e. The summed E-state index contributed by atoms with van der Waals surface area (Å²) in [6.45, 7) is -4.25. The average molecular weight is 906 g/mol. The van der Waals surface area contributed by atoms with E-state index in [9.17, 15) is 74.5 Å². The Balaban J connectivity index is 1.60. The molecule has 0 aromatic rings. The lowest BCUT2D eigenvalue weighted by Gasteiger charge is -2.47. The van der Waals surface area contributed by atoms with Gasteiger partial charge in [0.15, 0.2) is 25.2 Å². The molecule has 33 heteroatoms. The maximum Gasteiger partial charge on any atom is 0.470 e. The fourth-order valence-corrected chi connectivity index (χ4v) is 7.25. The molecule has 20 atom stereocenters. The molecule has 0 spiro atoms. The number of rotatable bonds is 16. The average Bonchev–Trinajstić information content (AvgIpc) is 3.10. The zero-order chi connectivity index (χ0) is 42.9. The van der Waals surface area contributed by atoms with E-state index in [0.717, 1.165) is 0 Å². The Hall–Kier alpha value is -0.390. The van der Waals surface area contributed by atoms with Crippen molar-refractivity contribution in [1.82, 2.24) is 0 Å². The SMILES string of the molecule is N[C@H]1C(O)O[C@H](CO)[C@@H](O[C@H]2O[C@H](CO[C@H]3O[C@H](COP(=O)(O)O)[C@@H](O)[C@H](O)[C@@H]3O[C@H]3O[C@H](COP(=O)(O)O)[C@@H](O)[C@H](O)[C@@H]3O)[C@@H](O)[C@H](O)[C@@H]2OP(=O)(O)O)[C@@H]1O. The van der Waals surface area contributed by atoms with E-state index in [1.54, 1.807) is 0 Å². The van der Waals surface area contributed by atoms with Crippen LogP contribution >= 0.6 is 23.5 Å². The number of hydrogen-bond donors (Lipinski definition) is 17. The predicted octanol–water partition coefficient (Wildman–Crippen LogP) is -9.43. The minimum absolute atomic E-state index is 0.950. The topological polar surface area (TPSA) is 493 Å². The van der Waals surface area contributed by atoms with Gasteiger partial charge in [-0.25, -0.2) is 13.7 Å². The van der Waals surface area contributed by atoms with Gasteiger partial charge in [0.25, 0.3) is 0 Å². The van der Waals surface area contributed by atoms with Crippen molar-refractivity contribution in [1.29, 1.82) is 0 Å². The van der Waals surface area contributed by atoms with Crippen molar-refractivity contribution in [2.45, 2.75) is 123 Å². The molecule has 4 aliphatic rings. The Morgan fingerprint density at radius 1 is 0.474 bits per heavy atom. The summed E-state index contributed by atoms with van der Waals surface area (Å²) in [7, 11) is -16.0. The number of ether oxygens (including phenoxy) is 7. The summed E-state index contributed by atoms with van der Waals surface area (Å²) in [6, 6.07) is -1.59. The van der Waals surface area contributed by atoms with E-state index < -0.39 is 173 Å². The monoisotopic (exact) mass is 905 g/mol. The van der Waals surface area contributed by atoms with E-state index in [4.69, 9.17) is 58.5 Å². The standard InChI is InChI=1S/C24H46NO29P3/c25-9-13(30)18(5(1-26)48-21(9)35)52-24-20(54-57(42,43)44)16(33)11(28)6(51-24)2-45-23-19(15(32)12(29)8(50-23)4-47-56(39,40)41)53-22-17(34)14(31)10(27)7(49-22)3-46-55(36,37)38/h5-24,26-35H,1-4,25H2,(H2,36,37,38)(H2,39,40,41)(H2,42,43,44)/t5-,6-,7-,8-,9-,10-,11-,12-,13-,14+,15+,16+,17+,18-,19+,20+,21?,22-,23+,24-/m1/s1. The van der Waals surface area contributed by atoms with Crippen molar-refractivity contribution < 1.29 is 141 Å². The summed E-state index contributed by atoms with van der Waals surface area (Å²) in [5, 5.41) is 105. The third kappa shape index (κ3) is 12.8. The fourth-order valence-electron chi connectivity index (χ4n) is 6.02. The van der Waals surface area contributed by atoms with Gasteiger partial charge in [-0.3, -0.25) is 13.6 Å². The Bertz CT molecular complexity index is 1430. The smallest absolute Gasteiger partial charge is 0.394 e. The largest absolute Gasteiger partial charge is 0.470 e. The highest BCUT2D eigenvalue weighted by molar-refractivity contribution is 7.46. The Morgan fingerprint density at radius 3 is 1.44 bits per heavy atom. The van der Waals surface area contributed by atoms with Crippen molar-refractivity contribution in [2.75, 3.05) is 26.4 Å². The van der Waals surface area contributed by atoms with Gasteiger partial charge in [0.1, 0.15) is 91.6 Å². The van der Waals surface area contributed by atoms with E-state index in [1.807, 2.05) is 0 Å². The van der Waals surface area contributed by atoms with E-state index in [-0.39, 0.29) is 0 Å². The molecule has 0 aromatic heterocycles. The molecule has 4 saturated heterocycles. The second-order valence-corrected chi connectivity index (χ2v) is 16.7. The Morgan fingerprint density at radius 2 is 0.930 bits per heavy atom. The van der Waals surface area contributed by atoms with E-state index in [0.29, 0.717) is 0 Å². The van der Waals surface area contributed by atoms with Crippen molar-refractivity contribution in [3.8, 4) is 0 Å². The van der Waals surface area contributed by atoms with Crippen LogP contribution in [-0.4, -0.2) is 230 Å². The Kier molecular flexibility index (Phi) is 17.1. The van der Waals surface area contributed by atoms with Gasteiger partial charge in [-0.15, -0.1) is 0 Å². The van der Waals surface area contributed by atoms with E-state index in [2.05, 4.69) is 13.6 Å². The molecule has 18 N–H and O–H groups in total. The van der Waals surface area contributed by atoms with Crippen LogP contribution in [0.3, 0.4) is 0 Å². The van der Waals surface area contributed by atoms with Crippen LogP contribution in [0.2, 0.25) is 0 Å². The van der Waals surface area contributed by atoms with Crippen molar-refractivity contribution in [3.63, 3.8) is 0 Å². The molecule has 0 saturated carbocycles. The summed E-state index contributed by atoms with van der Waals surface area (Å²) in [5.74, 6) is 0. The molecule has 0 radical (unpaired) electrons. The first-order valence-electron chi connectivity index (χ1n) is 16.4. The van der Waals surface area contributed by atoms with Gasteiger partial charge in [-0.2, -0.15) is 0 Å². The quantitative estimate of drug-likeness (QED) is 0.0639. The third-order valence-electron chi connectivity index (χ3n) is 8.96. The van der Waals surface area contributed by atoms with E-state index >= 15 is 0 Å². The van der Waals surface area contributed by atoms with Crippen LogP contribution in [0.1, 0.15) is 0 Å². The lowest BCUT2D eigenvalue weighted by Crippen LogP contribution is -2.66. The van der Waals surface area contributed by atoms with Crippen LogP contribution in [0, 0.1) is 0 Å². The summed E-state index contributed by atoms with van der Waals surface area (Å²) in [4.78, 5) is 55.4. The van der Waals surface area contributed by atoms with Gasteiger partial charge in [0.2, 0.25) is 0 Å². The summed E-state index contributed by atoms with van der Waals surface area (Å²) >= 11 is 0. The first-order chi connectivity index (χ1) is 26.2. The molecular formula is C24H46NO29P3. The lowest BCUT2D eigenvalue weighted by atomic mass is 9.96. The maximum absolute atomic E-state index is 11.8. The molecule has 0 amide bonds. The number of aliphatic hydroxyl groups is 10. The molecule has 0 aromatic carbocycles. The van der Waals surface area contributed by atoms with Gasteiger partial charge < -0.3 is 119 Å². The van der Waals surface area contributed by atoms with Crippen LogP contribution in [0.4, 0.5) is 0 Å². The normalized spacial score (nSPS) is 45.2. The molecule has 0 bridgehead atoms. The highest BCUT2D eigenvalue weighted by Crippen LogP contribution is 2.43. The number of aliphatic hydroxyl groups excluding tert-OH is 10. The molecule has 57 heavy (non-hydrogen) atoms. The van der Waals surface area contributed by atoms with Gasteiger partial charge in [0.05, 0.1) is 32.5 Å². The molecule has 336 valence electrons. The Labute approximate surface area is 319 Å². The van der Waals surface area contributed by atoms with Crippen LogP contribution in [-0.2, 0) is 60.4 Å². The van der Waals surface area contributed by atoms with Crippen LogP contribution in [0.5, 0.6) is 0 Å². The van der Waals surface area contributed by atoms with Gasteiger partial charge in [-0.1, -0.05) is 0 Å². The molecular weight excluding hydrogens is 859 g/mol. The van der Waals surface area contributed by atoms with Gasteiger partial charge >= 0.3 is 23.5 Å². The molecule has 4 aliphatic heterocycles. The zero-order valence-electron chi connectivity index (χ0n) is 28.8. The number of phosphoric ester groups is 3. The molecule has 4 rings (SSSR count). The second kappa shape index (κ2) is 19.8.